The van der Waals surface area contributed by atoms with Gasteiger partial charge in [-0.25, -0.2) is 4.98 Å². The SMILES string of the molecule is COc1ccc(C2CC(c3cc(OC)c(OC)c(OC)c3)=NO2)cc1OCCCCCOc1ccc(-c2nc3ccccc3s2)cc1. The number of hydrogen-bond donors (Lipinski definition) is 0. The first-order valence-corrected chi connectivity index (χ1v) is 16.3. The molecule has 1 unspecified atom stereocenters. The lowest BCUT2D eigenvalue weighted by Gasteiger charge is -2.15. The van der Waals surface area contributed by atoms with Crippen LogP contribution in [0.25, 0.3) is 20.8 Å². The first-order valence-electron chi connectivity index (χ1n) is 15.5. The van der Waals surface area contributed by atoms with Gasteiger partial charge < -0.3 is 33.3 Å². The number of methoxy groups -OCH3 is 4. The number of rotatable bonds is 15. The molecule has 4 aromatic carbocycles. The van der Waals surface area contributed by atoms with E-state index in [2.05, 4.69) is 23.4 Å². The molecule has 0 amide bonds. The van der Waals surface area contributed by atoms with Crippen molar-refractivity contribution in [2.24, 2.45) is 5.16 Å². The number of thiazole rings is 1. The second-order valence-electron chi connectivity index (χ2n) is 10.9. The lowest BCUT2D eigenvalue weighted by molar-refractivity contribution is 0.0854. The minimum Gasteiger partial charge on any atom is -0.494 e. The summed E-state index contributed by atoms with van der Waals surface area (Å²) in [5, 5.41) is 5.39. The van der Waals surface area contributed by atoms with Gasteiger partial charge in [-0.1, -0.05) is 23.4 Å². The van der Waals surface area contributed by atoms with Gasteiger partial charge >= 0.3 is 0 Å². The summed E-state index contributed by atoms with van der Waals surface area (Å²) in [5.41, 5.74) is 4.72. The highest BCUT2D eigenvalue weighted by molar-refractivity contribution is 7.21. The van der Waals surface area contributed by atoms with Crippen molar-refractivity contribution in [2.45, 2.75) is 31.8 Å². The Bertz CT molecular complexity index is 1780. The first-order chi connectivity index (χ1) is 23.1. The van der Waals surface area contributed by atoms with Gasteiger partial charge in [-0.2, -0.15) is 0 Å². The molecule has 10 heteroatoms. The Morgan fingerprint density at radius 2 is 1.43 bits per heavy atom. The Balaban J connectivity index is 0.964. The Hall–Kier alpha value is -4.96. The van der Waals surface area contributed by atoms with E-state index in [1.165, 1.54) is 4.70 Å². The van der Waals surface area contributed by atoms with Gasteiger partial charge in [-0.05, 0) is 85.5 Å². The minimum atomic E-state index is -0.259. The Labute approximate surface area is 278 Å². The Kier molecular flexibility index (Phi) is 10.3. The van der Waals surface area contributed by atoms with Crippen molar-refractivity contribution in [3.63, 3.8) is 0 Å². The molecule has 47 heavy (non-hydrogen) atoms. The number of aromatic nitrogens is 1. The zero-order valence-corrected chi connectivity index (χ0v) is 27.8. The molecule has 0 N–H and O–H groups in total. The molecule has 1 atom stereocenters. The van der Waals surface area contributed by atoms with Crippen LogP contribution in [0.5, 0.6) is 34.5 Å². The number of para-hydroxylation sites is 1. The monoisotopic (exact) mass is 654 g/mol. The standard InChI is InChI=1S/C37H38N2O7S/c1-40-30-17-14-25(31-23-29(39-46-31)26-21-33(41-2)36(43-4)34(22-26)42-3)20-32(30)45-19-9-5-8-18-44-27-15-12-24(13-16-27)37-38-28-10-6-7-11-35(28)47-37/h6-7,10-17,20-22,31H,5,8-9,18-19,23H2,1-4H3. The van der Waals surface area contributed by atoms with Crippen molar-refractivity contribution in [1.82, 2.24) is 4.98 Å². The maximum atomic E-state index is 6.16. The van der Waals surface area contributed by atoms with Gasteiger partial charge in [0.15, 0.2) is 29.1 Å². The summed E-state index contributed by atoms with van der Waals surface area (Å²) in [6, 6.07) is 26.0. The predicted octanol–water partition coefficient (Wildman–Crippen LogP) is 8.49. The molecule has 0 bridgehead atoms. The topological polar surface area (TPSA) is 89.9 Å². The van der Waals surface area contributed by atoms with Crippen molar-refractivity contribution in [2.75, 3.05) is 41.7 Å². The van der Waals surface area contributed by atoms with Gasteiger partial charge in [0.05, 0.1) is 57.6 Å². The molecule has 0 saturated carbocycles. The van der Waals surface area contributed by atoms with E-state index in [1.807, 2.05) is 60.7 Å². The molecule has 1 aliphatic heterocycles. The van der Waals surface area contributed by atoms with Crippen LogP contribution in [0.2, 0.25) is 0 Å². The highest BCUT2D eigenvalue weighted by Gasteiger charge is 2.27. The summed E-state index contributed by atoms with van der Waals surface area (Å²) in [5.74, 6) is 3.88. The summed E-state index contributed by atoms with van der Waals surface area (Å²) in [4.78, 5) is 10.6. The van der Waals surface area contributed by atoms with E-state index in [9.17, 15) is 0 Å². The van der Waals surface area contributed by atoms with E-state index in [0.29, 0.717) is 48.4 Å². The van der Waals surface area contributed by atoms with E-state index in [1.54, 1.807) is 39.8 Å². The fourth-order valence-corrected chi connectivity index (χ4v) is 6.39. The smallest absolute Gasteiger partial charge is 0.203 e. The molecule has 0 aliphatic carbocycles. The fourth-order valence-electron chi connectivity index (χ4n) is 5.42. The summed E-state index contributed by atoms with van der Waals surface area (Å²) < 4.78 is 35.4. The molecule has 244 valence electrons. The molecule has 0 spiro atoms. The molecule has 2 heterocycles. The molecule has 1 aliphatic rings. The second-order valence-corrected chi connectivity index (χ2v) is 12.0. The number of fused-ring (bicyclic) bond motifs is 1. The van der Waals surface area contributed by atoms with Gasteiger partial charge in [0.2, 0.25) is 5.75 Å². The van der Waals surface area contributed by atoms with Crippen LogP contribution in [-0.2, 0) is 4.84 Å². The highest BCUT2D eigenvalue weighted by Crippen LogP contribution is 2.41. The molecular weight excluding hydrogens is 616 g/mol. The van der Waals surface area contributed by atoms with Crippen LogP contribution < -0.4 is 28.4 Å². The van der Waals surface area contributed by atoms with Gasteiger partial charge in [-0.15, -0.1) is 11.3 Å². The summed E-state index contributed by atoms with van der Waals surface area (Å²) in [6.07, 6.45) is 3.11. The lowest BCUT2D eigenvalue weighted by atomic mass is 9.99. The van der Waals surface area contributed by atoms with Crippen molar-refractivity contribution in [1.29, 1.82) is 0 Å². The van der Waals surface area contributed by atoms with Gasteiger partial charge in [0.25, 0.3) is 0 Å². The molecule has 0 saturated heterocycles. The normalized spacial score (nSPS) is 14.0. The quantitative estimate of drug-likeness (QED) is 0.104. The molecular formula is C37H38N2O7S. The van der Waals surface area contributed by atoms with Crippen LogP contribution in [0.1, 0.15) is 42.9 Å². The molecule has 9 nitrogen and oxygen atoms in total. The third-order valence-corrected chi connectivity index (χ3v) is 9.02. The molecule has 5 aromatic rings. The zero-order chi connectivity index (χ0) is 32.6. The average Bonchev–Trinajstić information content (AvgIpc) is 3.79. The van der Waals surface area contributed by atoms with Crippen LogP contribution >= 0.6 is 11.3 Å². The van der Waals surface area contributed by atoms with Crippen molar-refractivity contribution in [3.8, 4) is 45.1 Å². The number of benzene rings is 4. The fraction of sp³-hybridized carbons (Fsp3) is 0.297. The van der Waals surface area contributed by atoms with Crippen LogP contribution in [-0.4, -0.2) is 52.3 Å². The van der Waals surface area contributed by atoms with Crippen LogP contribution in [0.4, 0.5) is 0 Å². The molecule has 1 aromatic heterocycles. The summed E-state index contributed by atoms with van der Waals surface area (Å²) >= 11 is 1.70. The van der Waals surface area contributed by atoms with Crippen molar-refractivity contribution < 1.29 is 33.3 Å². The van der Waals surface area contributed by atoms with Crippen molar-refractivity contribution in [3.05, 3.63) is 90.0 Å². The molecule has 0 fully saturated rings. The number of hydrogen-bond acceptors (Lipinski definition) is 10. The number of ether oxygens (including phenoxy) is 6. The summed E-state index contributed by atoms with van der Waals surface area (Å²) in [6.45, 7) is 1.21. The first kappa shape index (κ1) is 32.0. The Morgan fingerprint density at radius 3 is 2.13 bits per heavy atom. The zero-order valence-electron chi connectivity index (χ0n) is 27.0. The predicted molar refractivity (Wildman–Crippen MR) is 184 cm³/mol. The maximum Gasteiger partial charge on any atom is 0.203 e. The number of oxime groups is 1. The molecule has 0 radical (unpaired) electrons. The van der Waals surface area contributed by atoms with E-state index in [-0.39, 0.29) is 6.10 Å². The van der Waals surface area contributed by atoms with E-state index in [4.69, 9.17) is 38.2 Å². The van der Waals surface area contributed by atoms with Gasteiger partial charge in [-0.3, -0.25) is 0 Å². The van der Waals surface area contributed by atoms with E-state index >= 15 is 0 Å². The van der Waals surface area contributed by atoms with Gasteiger partial charge in [0.1, 0.15) is 10.8 Å². The summed E-state index contributed by atoms with van der Waals surface area (Å²) in [7, 11) is 6.41. The average molecular weight is 655 g/mol. The van der Waals surface area contributed by atoms with Crippen molar-refractivity contribution >= 4 is 27.3 Å². The third-order valence-electron chi connectivity index (χ3n) is 7.94. The third kappa shape index (κ3) is 7.38. The van der Waals surface area contributed by atoms with Crippen LogP contribution in [0.3, 0.4) is 0 Å². The largest absolute Gasteiger partial charge is 0.494 e. The van der Waals surface area contributed by atoms with E-state index < -0.39 is 0 Å². The van der Waals surface area contributed by atoms with E-state index in [0.717, 1.165) is 57.9 Å². The number of nitrogens with zero attached hydrogens (tertiary/aromatic N) is 2. The highest BCUT2D eigenvalue weighted by atomic mass is 32.1. The number of unbranched alkanes of at least 4 members (excludes halogenated alkanes) is 2. The Morgan fingerprint density at radius 1 is 0.702 bits per heavy atom. The van der Waals surface area contributed by atoms with Gasteiger partial charge in [0, 0.05) is 17.5 Å². The van der Waals surface area contributed by atoms with Crippen LogP contribution in [0.15, 0.2) is 84.0 Å². The second kappa shape index (κ2) is 15.1. The lowest BCUT2D eigenvalue weighted by Crippen LogP contribution is -2.05. The maximum absolute atomic E-state index is 6.16. The molecule has 6 rings (SSSR count). The van der Waals surface area contributed by atoms with Crippen LogP contribution in [0, 0.1) is 0 Å². The minimum absolute atomic E-state index is 0.259.